The molecule has 0 aliphatic carbocycles. The van der Waals surface area contributed by atoms with Gasteiger partial charge in [-0.15, -0.1) is 11.3 Å². The lowest BCUT2D eigenvalue weighted by Crippen LogP contribution is -2.40. The number of hydrogen-bond donors (Lipinski definition) is 0. The Kier molecular flexibility index (Phi) is 6.60. The molecule has 27 heavy (non-hydrogen) atoms. The van der Waals surface area contributed by atoms with Gasteiger partial charge in [-0.25, -0.2) is 8.42 Å². The number of halogens is 2. The zero-order chi connectivity index (χ0) is 19.6. The van der Waals surface area contributed by atoms with Crippen molar-refractivity contribution in [1.29, 1.82) is 0 Å². The lowest BCUT2D eigenvalue weighted by Gasteiger charge is -2.26. The van der Waals surface area contributed by atoms with Crippen molar-refractivity contribution in [1.82, 2.24) is 9.21 Å². The number of morpholine rings is 1. The SMILES string of the molecule is CN(Cc1cc(Br)cs1)C(=O)c1ccc(Cl)c(S(=O)(=O)N2CCOCC2)c1. The Bertz CT molecular complexity index is 942. The number of amides is 1. The molecule has 146 valence electrons. The summed E-state index contributed by atoms with van der Waals surface area (Å²) >= 11 is 11.1. The van der Waals surface area contributed by atoms with Crippen molar-refractivity contribution in [2.75, 3.05) is 33.4 Å². The van der Waals surface area contributed by atoms with Gasteiger partial charge in [-0.2, -0.15) is 4.31 Å². The van der Waals surface area contributed by atoms with Gasteiger partial charge in [0.25, 0.3) is 5.91 Å². The summed E-state index contributed by atoms with van der Waals surface area (Å²) in [4.78, 5) is 15.3. The molecule has 1 aliphatic rings. The second-order valence-electron chi connectivity index (χ2n) is 6.05. The molecular formula is C17H18BrClN2O4S2. The van der Waals surface area contributed by atoms with E-state index < -0.39 is 10.0 Å². The normalized spacial score (nSPS) is 15.7. The minimum atomic E-state index is -3.78. The molecule has 0 bridgehead atoms. The van der Waals surface area contributed by atoms with E-state index in [9.17, 15) is 13.2 Å². The van der Waals surface area contributed by atoms with Crippen LogP contribution in [0.1, 0.15) is 15.2 Å². The lowest BCUT2D eigenvalue weighted by atomic mass is 10.2. The molecule has 0 atom stereocenters. The van der Waals surface area contributed by atoms with Gasteiger partial charge in [0.2, 0.25) is 10.0 Å². The highest BCUT2D eigenvalue weighted by Gasteiger charge is 2.29. The number of benzene rings is 1. The van der Waals surface area contributed by atoms with Crippen LogP contribution in [0.15, 0.2) is 39.0 Å². The van der Waals surface area contributed by atoms with Crippen molar-refractivity contribution in [3.8, 4) is 0 Å². The van der Waals surface area contributed by atoms with Crippen molar-refractivity contribution in [2.24, 2.45) is 0 Å². The summed E-state index contributed by atoms with van der Waals surface area (Å²) in [5.74, 6) is -0.269. The molecule has 1 amide bonds. The van der Waals surface area contributed by atoms with Gasteiger partial charge in [0.1, 0.15) is 4.90 Å². The summed E-state index contributed by atoms with van der Waals surface area (Å²) in [7, 11) is -2.10. The van der Waals surface area contributed by atoms with Crippen LogP contribution in [0.2, 0.25) is 5.02 Å². The third-order valence-electron chi connectivity index (χ3n) is 4.13. The Morgan fingerprint density at radius 1 is 1.33 bits per heavy atom. The van der Waals surface area contributed by atoms with E-state index >= 15 is 0 Å². The molecule has 0 unspecified atom stereocenters. The highest BCUT2D eigenvalue weighted by atomic mass is 79.9. The zero-order valence-electron chi connectivity index (χ0n) is 14.5. The zero-order valence-corrected chi connectivity index (χ0v) is 18.5. The van der Waals surface area contributed by atoms with Gasteiger partial charge >= 0.3 is 0 Å². The van der Waals surface area contributed by atoms with Crippen molar-refractivity contribution < 1.29 is 17.9 Å². The minimum absolute atomic E-state index is 0.0517. The van der Waals surface area contributed by atoms with Gasteiger partial charge < -0.3 is 9.64 Å². The second-order valence-corrected chi connectivity index (χ2v) is 10.3. The third-order valence-corrected chi connectivity index (χ3v) is 8.19. The van der Waals surface area contributed by atoms with Crippen molar-refractivity contribution >= 4 is 54.8 Å². The van der Waals surface area contributed by atoms with Crippen LogP contribution in [0.5, 0.6) is 0 Å². The van der Waals surface area contributed by atoms with E-state index in [2.05, 4.69) is 15.9 Å². The van der Waals surface area contributed by atoms with Crippen LogP contribution in [0, 0.1) is 0 Å². The lowest BCUT2D eigenvalue weighted by molar-refractivity contribution is 0.0730. The van der Waals surface area contributed by atoms with Gasteiger partial charge in [0, 0.05) is 40.4 Å². The second kappa shape index (κ2) is 8.59. The summed E-state index contributed by atoms with van der Waals surface area (Å²) < 4.78 is 33.3. The Labute approximate surface area is 175 Å². The summed E-state index contributed by atoms with van der Waals surface area (Å²) in [5.41, 5.74) is 0.282. The van der Waals surface area contributed by atoms with E-state index in [1.54, 1.807) is 29.4 Å². The molecule has 0 saturated carbocycles. The summed E-state index contributed by atoms with van der Waals surface area (Å²) in [6, 6.07) is 6.31. The number of nitrogens with zero attached hydrogens (tertiary/aromatic N) is 2. The fraction of sp³-hybridized carbons (Fsp3) is 0.353. The molecular weight excluding hydrogens is 476 g/mol. The molecule has 0 N–H and O–H groups in total. The van der Waals surface area contributed by atoms with Crippen LogP contribution in [-0.4, -0.2) is 56.9 Å². The number of thiophene rings is 1. The molecule has 2 aromatic rings. The molecule has 1 fully saturated rings. The number of sulfonamides is 1. The van der Waals surface area contributed by atoms with E-state index in [1.165, 1.54) is 16.4 Å². The average molecular weight is 494 g/mol. The van der Waals surface area contributed by atoms with Crippen LogP contribution in [0.3, 0.4) is 0 Å². The topological polar surface area (TPSA) is 66.9 Å². The predicted octanol–water partition coefficient (Wildman–Crippen LogP) is 3.46. The number of hydrogen-bond acceptors (Lipinski definition) is 5. The maximum atomic E-state index is 12.9. The standard InChI is InChI=1S/C17H18BrClN2O4S2/c1-20(10-14-9-13(18)11-26-14)17(22)12-2-3-15(19)16(8-12)27(23,24)21-4-6-25-7-5-21/h2-3,8-9,11H,4-7,10H2,1H3. The average Bonchev–Trinajstić information content (AvgIpc) is 3.06. The summed E-state index contributed by atoms with van der Waals surface area (Å²) in [6.45, 7) is 1.65. The largest absolute Gasteiger partial charge is 0.379 e. The molecule has 1 saturated heterocycles. The predicted molar refractivity (Wildman–Crippen MR) is 109 cm³/mol. The van der Waals surface area contributed by atoms with E-state index in [4.69, 9.17) is 16.3 Å². The molecule has 1 aliphatic heterocycles. The number of ether oxygens (including phenoxy) is 1. The first-order valence-electron chi connectivity index (χ1n) is 8.15. The first-order valence-corrected chi connectivity index (χ1v) is 11.6. The van der Waals surface area contributed by atoms with Gasteiger partial charge in [-0.3, -0.25) is 4.79 Å². The fourth-order valence-corrected chi connectivity index (χ4v) is 6.13. The molecule has 1 aromatic carbocycles. The van der Waals surface area contributed by atoms with Crippen molar-refractivity contribution in [3.05, 3.63) is 49.6 Å². The fourth-order valence-electron chi connectivity index (χ4n) is 2.72. The minimum Gasteiger partial charge on any atom is -0.379 e. The Morgan fingerprint density at radius 3 is 2.67 bits per heavy atom. The quantitative estimate of drug-likeness (QED) is 0.640. The first-order chi connectivity index (χ1) is 12.8. The number of rotatable bonds is 5. The molecule has 1 aromatic heterocycles. The van der Waals surface area contributed by atoms with E-state index in [1.807, 2.05) is 11.4 Å². The highest BCUT2D eigenvalue weighted by Crippen LogP contribution is 2.27. The molecule has 0 radical (unpaired) electrons. The van der Waals surface area contributed by atoms with E-state index in [0.29, 0.717) is 19.8 Å². The van der Waals surface area contributed by atoms with Crippen LogP contribution in [-0.2, 0) is 21.3 Å². The molecule has 10 heteroatoms. The van der Waals surface area contributed by atoms with E-state index in [0.717, 1.165) is 9.35 Å². The summed E-state index contributed by atoms with van der Waals surface area (Å²) in [6.07, 6.45) is 0. The smallest absolute Gasteiger partial charge is 0.253 e. The van der Waals surface area contributed by atoms with Gasteiger partial charge in [-0.1, -0.05) is 11.6 Å². The van der Waals surface area contributed by atoms with Crippen molar-refractivity contribution in [2.45, 2.75) is 11.4 Å². The van der Waals surface area contributed by atoms with Crippen LogP contribution in [0.25, 0.3) is 0 Å². The Morgan fingerprint density at radius 2 is 2.04 bits per heavy atom. The molecule has 0 spiro atoms. The number of carbonyl (C=O) groups is 1. The van der Waals surface area contributed by atoms with Gasteiger partial charge in [0.15, 0.2) is 0 Å². The molecule has 3 rings (SSSR count). The number of carbonyl (C=O) groups excluding carboxylic acids is 1. The Hall–Kier alpha value is -0.970. The van der Waals surface area contributed by atoms with Crippen molar-refractivity contribution in [3.63, 3.8) is 0 Å². The first kappa shape index (κ1) is 20.8. The monoisotopic (exact) mass is 492 g/mol. The van der Waals surface area contributed by atoms with Gasteiger partial charge in [-0.05, 0) is 40.2 Å². The van der Waals surface area contributed by atoms with E-state index in [-0.39, 0.29) is 34.5 Å². The highest BCUT2D eigenvalue weighted by molar-refractivity contribution is 9.10. The van der Waals surface area contributed by atoms with Crippen LogP contribution >= 0.6 is 38.9 Å². The maximum absolute atomic E-state index is 12.9. The van der Waals surface area contributed by atoms with Crippen LogP contribution < -0.4 is 0 Å². The van der Waals surface area contributed by atoms with Gasteiger partial charge in [0.05, 0.1) is 24.8 Å². The maximum Gasteiger partial charge on any atom is 0.253 e. The molecule has 2 heterocycles. The molecule has 6 nitrogen and oxygen atoms in total. The summed E-state index contributed by atoms with van der Waals surface area (Å²) in [5, 5.41) is 2.05. The third kappa shape index (κ3) is 4.72. The Balaban J connectivity index is 1.84. The van der Waals surface area contributed by atoms with Crippen LogP contribution in [0.4, 0.5) is 0 Å².